The monoisotopic (exact) mass is 438 g/mol. The average molecular weight is 438 g/mol. The number of nitrogens with one attached hydrogen (secondary N) is 1. The Morgan fingerprint density at radius 1 is 1.25 bits per heavy atom. The van der Waals surface area contributed by atoms with Crippen molar-refractivity contribution in [2.45, 2.75) is 6.29 Å². The largest absolute Gasteiger partial charge is 0.455 e. The molecule has 32 heavy (non-hydrogen) atoms. The van der Waals surface area contributed by atoms with Crippen LogP contribution in [0.25, 0.3) is 23.1 Å². The minimum absolute atomic E-state index is 0.160. The average Bonchev–Trinajstić information content (AvgIpc) is 3.24. The molecular weight excluding hydrogens is 416 g/mol. The summed E-state index contributed by atoms with van der Waals surface area (Å²) in [5, 5.41) is 19.7. The maximum absolute atomic E-state index is 12.6. The van der Waals surface area contributed by atoms with E-state index in [0.29, 0.717) is 37.6 Å². The number of fused-ring (bicyclic) bond motifs is 1. The van der Waals surface area contributed by atoms with Gasteiger partial charge >= 0.3 is 0 Å². The molecular formula is C22H22N4O6. The van der Waals surface area contributed by atoms with Crippen LogP contribution >= 0.6 is 0 Å². The molecule has 4 rings (SSSR count). The van der Waals surface area contributed by atoms with Crippen molar-refractivity contribution in [1.82, 2.24) is 15.1 Å². The number of carbonyl (C=O) groups is 1. The van der Waals surface area contributed by atoms with Crippen molar-refractivity contribution >= 4 is 34.6 Å². The van der Waals surface area contributed by atoms with Gasteiger partial charge in [-0.1, -0.05) is 18.2 Å². The molecule has 0 saturated carbocycles. The van der Waals surface area contributed by atoms with Gasteiger partial charge in [0.1, 0.15) is 5.75 Å². The molecule has 2 heterocycles. The van der Waals surface area contributed by atoms with Crippen molar-refractivity contribution in [3.63, 3.8) is 0 Å². The number of morpholine rings is 1. The first-order chi connectivity index (χ1) is 15.6. The Morgan fingerprint density at radius 2 is 2.03 bits per heavy atom. The van der Waals surface area contributed by atoms with Crippen LogP contribution in [0.3, 0.4) is 0 Å². The number of aromatic nitrogens is 2. The number of nitro benzene ring substituents is 1. The van der Waals surface area contributed by atoms with Crippen LogP contribution in [0.5, 0.6) is 5.75 Å². The summed E-state index contributed by atoms with van der Waals surface area (Å²) in [5.74, 6) is -0.194. The number of nitro groups is 1. The highest BCUT2D eigenvalue weighted by Gasteiger charge is 2.28. The molecule has 0 spiro atoms. The lowest BCUT2D eigenvalue weighted by atomic mass is 10.1. The van der Waals surface area contributed by atoms with Crippen molar-refractivity contribution < 1.29 is 23.9 Å². The number of carbonyl (C=O) groups excluding carboxylic acids is 1. The summed E-state index contributed by atoms with van der Waals surface area (Å²) in [6.07, 6.45) is 2.13. The smallest absolute Gasteiger partial charge is 0.292 e. The molecule has 1 fully saturated rings. The highest BCUT2D eigenvalue weighted by atomic mass is 16.7. The zero-order valence-corrected chi connectivity index (χ0v) is 17.4. The van der Waals surface area contributed by atoms with Gasteiger partial charge in [0.2, 0.25) is 0 Å². The van der Waals surface area contributed by atoms with E-state index in [1.54, 1.807) is 29.2 Å². The molecule has 1 unspecified atom stereocenters. The molecule has 3 aromatic rings. The summed E-state index contributed by atoms with van der Waals surface area (Å²) in [5.41, 5.74) is 1.77. The zero-order valence-electron chi connectivity index (χ0n) is 17.4. The number of hydrogen-bond acceptors (Lipinski definition) is 7. The number of methoxy groups -OCH3 is 1. The van der Waals surface area contributed by atoms with E-state index in [9.17, 15) is 14.9 Å². The Hall–Kier alpha value is -3.76. The molecule has 1 N–H and O–H groups in total. The predicted octanol–water partition coefficient (Wildman–Crippen LogP) is 2.85. The van der Waals surface area contributed by atoms with Crippen LogP contribution in [-0.4, -0.2) is 65.6 Å². The topological polar surface area (TPSA) is 120 Å². The van der Waals surface area contributed by atoms with E-state index in [-0.39, 0.29) is 17.3 Å². The number of nitrogens with zero attached hydrogens (tertiary/aromatic N) is 3. The van der Waals surface area contributed by atoms with Crippen LogP contribution in [0.2, 0.25) is 0 Å². The number of hydrogen-bond donors (Lipinski definition) is 1. The van der Waals surface area contributed by atoms with Gasteiger partial charge in [-0.3, -0.25) is 20.0 Å². The number of para-hydroxylation sites is 1. The van der Waals surface area contributed by atoms with E-state index in [0.717, 1.165) is 10.9 Å². The minimum atomic E-state index is -1.20. The zero-order chi connectivity index (χ0) is 22.5. The highest BCUT2D eigenvalue weighted by Crippen LogP contribution is 2.28. The summed E-state index contributed by atoms with van der Waals surface area (Å²) in [4.78, 5) is 25.4. The lowest BCUT2D eigenvalue weighted by Gasteiger charge is -2.29. The lowest BCUT2D eigenvalue weighted by molar-refractivity contribution is -0.385. The Morgan fingerprint density at radius 3 is 2.78 bits per heavy atom. The Bertz CT molecular complexity index is 1150. The highest BCUT2D eigenvalue weighted by molar-refractivity contribution is 5.89. The van der Waals surface area contributed by atoms with Crippen molar-refractivity contribution in [3.05, 3.63) is 63.8 Å². The Balaban J connectivity index is 1.54. The third-order valence-electron chi connectivity index (χ3n) is 5.10. The normalized spacial score (nSPS) is 15.2. The van der Waals surface area contributed by atoms with Crippen molar-refractivity contribution in [1.29, 1.82) is 0 Å². The van der Waals surface area contributed by atoms with Crippen LogP contribution in [0.1, 0.15) is 11.3 Å². The van der Waals surface area contributed by atoms with Crippen LogP contribution in [-0.2, 0) is 14.3 Å². The standard InChI is InChI=1S/C22H22N4O6/c1-30-22(21(27)25-10-12-31-13-11-25)32-16-8-6-15(20(14-16)26(28)29)7-9-19-17-4-2-3-5-18(17)23-24-19/h2-9,14,22H,10-13H2,1H3,(H,23,24). The maximum Gasteiger partial charge on any atom is 0.292 e. The molecule has 0 radical (unpaired) electrons. The Labute approximate surface area is 183 Å². The summed E-state index contributed by atoms with van der Waals surface area (Å²) in [6, 6.07) is 12.0. The number of H-pyrrole nitrogens is 1. The summed E-state index contributed by atoms with van der Waals surface area (Å²) in [6.45, 7) is 1.77. The summed E-state index contributed by atoms with van der Waals surface area (Å²) in [7, 11) is 1.35. The second kappa shape index (κ2) is 9.58. The second-order valence-corrected chi connectivity index (χ2v) is 7.09. The molecule has 166 valence electrons. The minimum Gasteiger partial charge on any atom is -0.455 e. The lowest BCUT2D eigenvalue weighted by Crippen LogP contribution is -2.48. The quantitative estimate of drug-likeness (QED) is 0.342. The van der Waals surface area contributed by atoms with Crippen molar-refractivity contribution in [3.8, 4) is 5.75 Å². The number of rotatable bonds is 7. The fraction of sp³-hybridized carbons (Fsp3) is 0.273. The van der Waals surface area contributed by atoms with Gasteiger partial charge in [-0.15, -0.1) is 0 Å². The van der Waals surface area contributed by atoms with Gasteiger partial charge in [0.25, 0.3) is 17.9 Å². The molecule has 10 nitrogen and oxygen atoms in total. The first-order valence-corrected chi connectivity index (χ1v) is 10.0. The molecule has 1 aromatic heterocycles. The summed E-state index contributed by atoms with van der Waals surface area (Å²) >= 11 is 0. The predicted molar refractivity (Wildman–Crippen MR) is 117 cm³/mol. The molecule has 1 amide bonds. The van der Waals surface area contributed by atoms with E-state index >= 15 is 0 Å². The Kier molecular flexibility index (Phi) is 6.43. The molecule has 1 aliphatic heterocycles. The molecule has 0 aliphatic carbocycles. The number of ether oxygens (including phenoxy) is 3. The molecule has 1 saturated heterocycles. The number of aromatic amines is 1. The van der Waals surface area contributed by atoms with Crippen molar-refractivity contribution in [2.75, 3.05) is 33.4 Å². The molecule has 10 heteroatoms. The van der Waals surface area contributed by atoms with Crippen molar-refractivity contribution in [2.24, 2.45) is 0 Å². The molecule has 1 aliphatic rings. The van der Waals surface area contributed by atoms with Gasteiger partial charge in [-0.25, -0.2) is 0 Å². The maximum atomic E-state index is 12.6. The molecule has 2 aromatic carbocycles. The molecule has 0 bridgehead atoms. The van der Waals surface area contributed by atoms with E-state index in [2.05, 4.69) is 10.2 Å². The van der Waals surface area contributed by atoms with Crippen LogP contribution in [0.15, 0.2) is 42.5 Å². The van der Waals surface area contributed by atoms with Crippen LogP contribution in [0, 0.1) is 10.1 Å². The number of amides is 1. The third kappa shape index (κ3) is 4.61. The van der Waals surface area contributed by atoms with E-state index in [1.165, 1.54) is 13.2 Å². The van der Waals surface area contributed by atoms with E-state index in [4.69, 9.17) is 14.2 Å². The van der Waals surface area contributed by atoms with Gasteiger partial charge in [0, 0.05) is 25.6 Å². The summed E-state index contributed by atoms with van der Waals surface area (Å²) < 4.78 is 16.1. The second-order valence-electron chi connectivity index (χ2n) is 7.09. The molecule has 1 atom stereocenters. The van der Waals surface area contributed by atoms with E-state index < -0.39 is 11.2 Å². The van der Waals surface area contributed by atoms with Gasteiger partial charge in [0.15, 0.2) is 0 Å². The van der Waals surface area contributed by atoms with Crippen LogP contribution in [0.4, 0.5) is 5.69 Å². The third-order valence-corrected chi connectivity index (χ3v) is 5.10. The van der Waals surface area contributed by atoms with Gasteiger partial charge in [-0.05, 0) is 30.4 Å². The van der Waals surface area contributed by atoms with E-state index in [1.807, 2.05) is 24.3 Å². The number of benzene rings is 2. The first kappa shape index (κ1) is 21.5. The van der Waals surface area contributed by atoms with Gasteiger partial charge in [0.05, 0.1) is 41.0 Å². The SMILES string of the molecule is COC(Oc1ccc(C=Cc2n[nH]c3ccccc23)c([N+](=O)[O-])c1)C(=O)N1CCOCC1. The first-order valence-electron chi connectivity index (χ1n) is 10.0. The van der Waals surface area contributed by atoms with Gasteiger partial charge in [-0.2, -0.15) is 5.10 Å². The fourth-order valence-electron chi connectivity index (χ4n) is 3.43. The van der Waals surface area contributed by atoms with Crippen LogP contribution < -0.4 is 4.74 Å². The fourth-order valence-corrected chi connectivity index (χ4v) is 3.43. The van der Waals surface area contributed by atoms with Gasteiger partial charge < -0.3 is 19.1 Å².